The van der Waals surface area contributed by atoms with E-state index >= 15 is 0 Å². The van der Waals surface area contributed by atoms with E-state index < -0.39 is 5.97 Å². The van der Waals surface area contributed by atoms with Crippen molar-refractivity contribution in [3.63, 3.8) is 0 Å². The molecule has 6 heteroatoms. The van der Waals surface area contributed by atoms with Gasteiger partial charge in [-0.05, 0) is 0 Å². The van der Waals surface area contributed by atoms with Crippen LogP contribution in [0.5, 0.6) is 0 Å². The molecule has 0 bridgehead atoms. The summed E-state index contributed by atoms with van der Waals surface area (Å²) in [5.41, 5.74) is 4.95. The van der Waals surface area contributed by atoms with Crippen molar-refractivity contribution < 1.29 is 48.9 Å². The number of ether oxygens (including phenoxy) is 2. The zero-order valence-corrected chi connectivity index (χ0v) is 17.7. The third-order valence-corrected chi connectivity index (χ3v) is 4.58. The van der Waals surface area contributed by atoms with E-state index in [0.29, 0.717) is 24.2 Å². The summed E-state index contributed by atoms with van der Waals surface area (Å²) in [6.45, 7) is 3.18. The topological polar surface area (TPSA) is 58.6 Å². The Morgan fingerprint density at radius 2 is 1.38 bits per heavy atom. The molecule has 122 valence electrons. The van der Waals surface area contributed by atoms with Crippen LogP contribution >= 0.6 is 0 Å². The van der Waals surface area contributed by atoms with Gasteiger partial charge in [0, 0.05) is 0 Å². The van der Waals surface area contributed by atoms with Gasteiger partial charge in [0.2, 0.25) is 0 Å². The number of aryl methyl sites for hydroxylation is 1. The largest absolute Gasteiger partial charge is 1.00 e. The average molecular weight is 401 g/mol. The fraction of sp³-hybridized carbons (Fsp3) is 0.278. The molecule has 2 aromatic rings. The molecule has 0 aliphatic carbocycles. The summed E-state index contributed by atoms with van der Waals surface area (Å²) in [6, 6.07) is 14.9. The maximum Gasteiger partial charge on any atom is 1.00 e. The van der Waals surface area contributed by atoms with E-state index in [-0.39, 0.29) is 50.1 Å². The molecule has 0 N–H and O–H groups in total. The summed E-state index contributed by atoms with van der Waals surface area (Å²) in [5.74, 6) is -1.16. The second-order valence-corrected chi connectivity index (χ2v) is 6.95. The fourth-order valence-electron chi connectivity index (χ4n) is 1.89. The van der Waals surface area contributed by atoms with Crippen LogP contribution < -0.4 is 34.7 Å². The Balaban J connectivity index is 0.00000288. The summed E-state index contributed by atoms with van der Waals surface area (Å²) in [6.07, 6.45) is 0. The van der Waals surface area contributed by atoms with Crippen LogP contribution in [0.3, 0.4) is 0 Å². The van der Waals surface area contributed by atoms with Crippen molar-refractivity contribution in [1.29, 1.82) is 0 Å². The van der Waals surface area contributed by atoms with Crippen LogP contribution in [0.15, 0.2) is 48.5 Å². The third kappa shape index (κ3) is 7.95. The molecule has 2 rings (SSSR count). The van der Waals surface area contributed by atoms with Gasteiger partial charge >= 0.3 is 172 Å². The van der Waals surface area contributed by atoms with Crippen molar-refractivity contribution in [2.45, 2.75) is 20.1 Å². The van der Waals surface area contributed by atoms with Gasteiger partial charge in [-0.2, -0.15) is 0 Å². The first kappa shape index (κ1) is 21.4. The quantitative estimate of drug-likeness (QED) is 0.388. The Bertz CT molecular complexity index is 614. The minimum Gasteiger partial charge on any atom is 1.00 e. The van der Waals surface area contributed by atoms with Crippen LogP contribution in [0.1, 0.15) is 27.0 Å². The second-order valence-electron chi connectivity index (χ2n) is 5.11. The molecule has 0 aliphatic heterocycles. The average Bonchev–Trinajstić information content (AvgIpc) is 2.56. The summed E-state index contributed by atoms with van der Waals surface area (Å²) < 4.78 is 11.2. The molecular formula is C18H19NaO4Se. The van der Waals surface area contributed by atoms with Crippen LogP contribution in [0, 0.1) is 6.92 Å². The van der Waals surface area contributed by atoms with Gasteiger partial charge in [0.1, 0.15) is 0 Å². The molecule has 2 aromatic carbocycles. The molecule has 0 aromatic heterocycles. The fourth-order valence-corrected chi connectivity index (χ4v) is 2.88. The van der Waals surface area contributed by atoms with E-state index in [1.54, 1.807) is 12.1 Å². The summed E-state index contributed by atoms with van der Waals surface area (Å²) in [5, 5.41) is 10.6. The first-order chi connectivity index (χ1) is 11.1. The van der Waals surface area contributed by atoms with Crippen LogP contribution in [0.25, 0.3) is 0 Å². The number of carboxylic acid groups (broad SMARTS) is 1. The molecule has 0 fully saturated rings. The van der Waals surface area contributed by atoms with Gasteiger partial charge in [-0.15, -0.1) is 0 Å². The van der Waals surface area contributed by atoms with Gasteiger partial charge in [-0.1, -0.05) is 0 Å². The Kier molecular flexibility index (Phi) is 10.5. The standard InChI is InChI=1S/C18H20O4Se.Na/c1-14-2-4-15(5-3-14)10-21-12-23-13-22-11-16-6-8-17(9-7-16)18(19)20;/h2-9H,10-13H2,1H3,(H,19,20);/q;+1/p-1. The Labute approximate surface area is 171 Å². The van der Waals surface area contributed by atoms with Crippen LogP contribution in [0.2, 0.25) is 0 Å². The van der Waals surface area contributed by atoms with Crippen molar-refractivity contribution in [1.82, 2.24) is 0 Å². The molecular weight excluding hydrogens is 382 g/mol. The molecule has 0 radical (unpaired) electrons. The molecule has 4 nitrogen and oxygen atoms in total. The van der Waals surface area contributed by atoms with Crippen LogP contribution in [0.4, 0.5) is 0 Å². The monoisotopic (exact) mass is 402 g/mol. The summed E-state index contributed by atoms with van der Waals surface area (Å²) in [4.78, 5) is 10.6. The van der Waals surface area contributed by atoms with Crippen molar-refractivity contribution in [2.24, 2.45) is 0 Å². The predicted molar refractivity (Wildman–Crippen MR) is 87.0 cm³/mol. The molecule has 0 heterocycles. The van der Waals surface area contributed by atoms with Gasteiger partial charge in [-0.3, -0.25) is 0 Å². The van der Waals surface area contributed by atoms with Gasteiger partial charge in [0.05, 0.1) is 0 Å². The molecule has 0 aliphatic rings. The van der Waals surface area contributed by atoms with Crippen molar-refractivity contribution in [3.8, 4) is 0 Å². The number of benzene rings is 2. The maximum absolute atomic E-state index is 10.6. The van der Waals surface area contributed by atoms with Crippen molar-refractivity contribution in [2.75, 3.05) is 11.0 Å². The number of carbonyl (C=O) groups excluding carboxylic acids is 1. The maximum atomic E-state index is 10.6. The summed E-state index contributed by atoms with van der Waals surface area (Å²) in [7, 11) is 0. The molecule has 0 saturated carbocycles. The van der Waals surface area contributed by atoms with E-state index in [0.717, 1.165) is 5.56 Å². The number of hydrogen-bond acceptors (Lipinski definition) is 4. The van der Waals surface area contributed by atoms with Crippen LogP contribution in [-0.2, 0) is 22.7 Å². The number of aromatic carboxylic acids is 1. The minimum atomic E-state index is -1.16. The normalized spacial score (nSPS) is 10.2. The third-order valence-electron chi connectivity index (χ3n) is 3.18. The van der Waals surface area contributed by atoms with Gasteiger partial charge in [-0.25, -0.2) is 0 Å². The molecule has 0 spiro atoms. The Morgan fingerprint density at radius 1 is 0.917 bits per heavy atom. The van der Waals surface area contributed by atoms with E-state index in [2.05, 4.69) is 31.2 Å². The second kappa shape index (κ2) is 11.8. The van der Waals surface area contributed by atoms with E-state index in [1.165, 1.54) is 23.3 Å². The Morgan fingerprint density at radius 3 is 1.83 bits per heavy atom. The molecule has 0 saturated heterocycles. The molecule has 24 heavy (non-hydrogen) atoms. The van der Waals surface area contributed by atoms with Crippen molar-refractivity contribution in [3.05, 3.63) is 70.8 Å². The van der Waals surface area contributed by atoms with E-state index in [9.17, 15) is 9.90 Å². The number of rotatable bonds is 9. The zero-order chi connectivity index (χ0) is 16.5. The van der Waals surface area contributed by atoms with Gasteiger partial charge in [0.15, 0.2) is 0 Å². The molecule has 0 atom stereocenters. The first-order valence-corrected chi connectivity index (χ1v) is 9.66. The zero-order valence-electron chi connectivity index (χ0n) is 14.0. The Hall–Kier alpha value is -0.651. The van der Waals surface area contributed by atoms with Crippen LogP contribution in [-0.4, -0.2) is 31.9 Å². The minimum absolute atomic E-state index is 0. The van der Waals surface area contributed by atoms with Gasteiger partial charge < -0.3 is 0 Å². The number of carbonyl (C=O) groups is 1. The SMILES string of the molecule is Cc1ccc(COC[Se]COCc2ccc(C(=O)[O-])cc2)cc1.[Na+]. The molecule has 0 unspecified atom stereocenters. The van der Waals surface area contributed by atoms with E-state index in [1.807, 2.05) is 0 Å². The first-order valence-electron chi connectivity index (χ1n) is 7.24. The summed E-state index contributed by atoms with van der Waals surface area (Å²) >= 11 is 0.273. The van der Waals surface area contributed by atoms with E-state index in [4.69, 9.17) is 9.47 Å². The number of carboxylic acids is 1. The smallest absolute Gasteiger partial charge is 1.00 e. The molecule has 0 amide bonds. The van der Waals surface area contributed by atoms with Crippen molar-refractivity contribution >= 4 is 20.9 Å². The van der Waals surface area contributed by atoms with Gasteiger partial charge in [0.25, 0.3) is 0 Å². The predicted octanol–water partition coefficient (Wildman–Crippen LogP) is -1.28. The number of hydrogen-bond donors (Lipinski definition) is 0.